The molecule has 8 heteroatoms. The molecule has 0 atom stereocenters. The van der Waals surface area contributed by atoms with Gasteiger partial charge in [-0.3, -0.25) is 9.78 Å². The van der Waals surface area contributed by atoms with Crippen LogP contribution in [0.5, 0.6) is 11.5 Å². The third-order valence-corrected chi connectivity index (χ3v) is 3.93. The van der Waals surface area contributed by atoms with E-state index in [4.69, 9.17) is 14.0 Å². The van der Waals surface area contributed by atoms with E-state index < -0.39 is 0 Å². The van der Waals surface area contributed by atoms with E-state index in [1.54, 1.807) is 37.7 Å². The number of benzene rings is 1. The number of hydrogen-bond acceptors (Lipinski definition) is 7. The highest BCUT2D eigenvalue weighted by atomic mass is 16.5. The SMILES string of the molecule is CCOc1cc(-c2noc(CCCC(=O)Nc3cccnc3)n2)ccc1OC. The molecule has 8 nitrogen and oxygen atoms in total. The Morgan fingerprint density at radius 2 is 2.14 bits per heavy atom. The Morgan fingerprint density at radius 3 is 2.89 bits per heavy atom. The lowest BCUT2D eigenvalue weighted by atomic mass is 10.2. The Balaban J connectivity index is 1.55. The Kier molecular flexibility index (Phi) is 6.56. The third kappa shape index (κ3) is 5.06. The summed E-state index contributed by atoms with van der Waals surface area (Å²) in [5.74, 6) is 2.15. The summed E-state index contributed by atoms with van der Waals surface area (Å²) in [5, 5.41) is 6.81. The lowest BCUT2D eigenvalue weighted by molar-refractivity contribution is -0.116. The Hall–Kier alpha value is -3.42. The Bertz CT molecular complexity index is 912. The van der Waals surface area contributed by atoms with Crippen LogP contribution in [0.25, 0.3) is 11.4 Å². The van der Waals surface area contributed by atoms with E-state index in [0.717, 1.165) is 5.56 Å². The predicted molar refractivity (Wildman–Crippen MR) is 103 cm³/mol. The molecule has 2 aromatic heterocycles. The fourth-order valence-electron chi connectivity index (χ4n) is 2.62. The van der Waals surface area contributed by atoms with Gasteiger partial charge in [0, 0.05) is 24.6 Å². The van der Waals surface area contributed by atoms with Crippen LogP contribution >= 0.6 is 0 Å². The summed E-state index contributed by atoms with van der Waals surface area (Å²) in [6.45, 7) is 2.43. The highest BCUT2D eigenvalue weighted by molar-refractivity contribution is 5.90. The van der Waals surface area contributed by atoms with Crippen LogP contribution in [-0.2, 0) is 11.2 Å². The molecule has 3 rings (SSSR count). The molecule has 146 valence electrons. The van der Waals surface area contributed by atoms with Crippen molar-refractivity contribution in [2.45, 2.75) is 26.2 Å². The molecule has 0 radical (unpaired) electrons. The van der Waals surface area contributed by atoms with Crippen LogP contribution in [0.4, 0.5) is 5.69 Å². The fraction of sp³-hybridized carbons (Fsp3) is 0.300. The molecule has 1 amide bonds. The molecule has 1 aromatic carbocycles. The van der Waals surface area contributed by atoms with Crippen molar-refractivity contribution in [3.8, 4) is 22.9 Å². The zero-order valence-electron chi connectivity index (χ0n) is 15.8. The molecular weight excluding hydrogens is 360 g/mol. The molecule has 0 aliphatic rings. The summed E-state index contributed by atoms with van der Waals surface area (Å²) in [7, 11) is 1.59. The van der Waals surface area contributed by atoms with E-state index in [-0.39, 0.29) is 5.91 Å². The second-order valence-electron chi connectivity index (χ2n) is 5.95. The number of nitrogens with one attached hydrogen (secondary N) is 1. The molecule has 2 heterocycles. The van der Waals surface area contributed by atoms with Gasteiger partial charge in [0.1, 0.15) is 0 Å². The normalized spacial score (nSPS) is 10.5. The summed E-state index contributed by atoms with van der Waals surface area (Å²) in [5.41, 5.74) is 1.45. The van der Waals surface area contributed by atoms with Crippen LogP contribution < -0.4 is 14.8 Å². The second-order valence-corrected chi connectivity index (χ2v) is 5.95. The van der Waals surface area contributed by atoms with Gasteiger partial charge in [0.05, 0.1) is 25.6 Å². The van der Waals surface area contributed by atoms with Crippen molar-refractivity contribution in [3.05, 3.63) is 48.6 Å². The average molecular weight is 382 g/mol. The smallest absolute Gasteiger partial charge is 0.226 e. The van der Waals surface area contributed by atoms with Gasteiger partial charge in [0.25, 0.3) is 0 Å². The van der Waals surface area contributed by atoms with Gasteiger partial charge >= 0.3 is 0 Å². The number of carbonyl (C=O) groups is 1. The number of nitrogens with zero attached hydrogens (tertiary/aromatic N) is 3. The van der Waals surface area contributed by atoms with Crippen LogP contribution in [-0.4, -0.2) is 34.7 Å². The lowest BCUT2D eigenvalue weighted by Crippen LogP contribution is -2.11. The minimum absolute atomic E-state index is 0.0794. The van der Waals surface area contributed by atoms with Gasteiger partial charge in [-0.2, -0.15) is 4.98 Å². The van der Waals surface area contributed by atoms with Crippen LogP contribution in [0.15, 0.2) is 47.2 Å². The minimum Gasteiger partial charge on any atom is -0.493 e. The molecule has 0 unspecified atom stereocenters. The quantitative estimate of drug-likeness (QED) is 0.604. The first-order valence-corrected chi connectivity index (χ1v) is 9.03. The molecule has 1 N–H and O–H groups in total. The van der Waals surface area contributed by atoms with Crippen molar-refractivity contribution in [3.63, 3.8) is 0 Å². The first-order chi connectivity index (χ1) is 13.7. The molecule has 0 aliphatic heterocycles. The Labute approximate surface area is 162 Å². The van der Waals surface area contributed by atoms with Gasteiger partial charge in [-0.05, 0) is 43.7 Å². The van der Waals surface area contributed by atoms with E-state index in [0.29, 0.717) is 54.8 Å². The lowest BCUT2D eigenvalue weighted by Gasteiger charge is -2.09. The van der Waals surface area contributed by atoms with Gasteiger partial charge in [0.15, 0.2) is 11.5 Å². The maximum Gasteiger partial charge on any atom is 0.226 e. The fourth-order valence-corrected chi connectivity index (χ4v) is 2.62. The number of aryl methyl sites for hydroxylation is 1. The molecule has 3 aromatic rings. The molecule has 0 fully saturated rings. The van der Waals surface area contributed by atoms with Crippen LogP contribution in [0, 0.1) is 0 Å². The van der Waals surface area contributed by atoms with Crippen LogP contribution in [0.3, 0.4) is 0 Å². The van der Waals surface area contributed by atoms with Crippen molar-refractivity contribution < 1.29 is 18.8 Å². The number of hydrogen-bond donors (Lipinski definition) is 1. The number of carbonyl (C=O) groups excluding carboxylic acids is 1. The number of methoxy groups -OCH3 is 1. The van der Waals surface area contributed by atoms with Crippen molar-refractivity contribution >= 4 is 11.6 Å². The van der Waals surface area contributed by atoms with Crippen molar-refractivity contribution in [1.29, 1.82) is 0 Å². The van der Waals surface area contributed by atoms with Crippen molar-refractivity contribution in [2.24, 2.45) is 0 Å². The van der Waals surface area contributed by atoms with Crippen molar-refractivity contribution in [2.75, 3.05) is 19.0 Å². The maximum absolute atomic E-state index is 12.0. The highest BCUT2D eigenvalue weighted by Gasteiger charge is 2.13. The first-order valence-electron chi connectivity index (χ1n) is 9.03. The molecule has 0 aliphatic carbocycles. The second kappa shape index (κ2) is 9.50. The number of rotatable bonds is 9. The maximum atomic E-state index is 12.0. The van der Waals surface area contributed by atoms with Crippen LogP contribution in [0.1, 0.15) is 25.7 Å². The summed E-state index contributed by atoms with van der Waals surface area (Å²) >= 11 is 0. The number of pyridine rings is 1. The molecular formula is C20H22N4O4. The highest BCUT2D eigenvalue weighted by Crippen LogP contribution is 2.31. The largest absolute Gasteiger partial charge is 0.493 e. The van der Waals surface area contributed by atoms with Gasteiger partial charge in [-0.1, -0.05) is 5.16 Å². The van der Waals surface area contributed by atoms with E-state index in [1.165, 1.54) is 0 Å². The molecule has 0 spiro atoms. The third-order valence-electron chi connectivity index (χ3n) is 3.93. The monoisotopic (exact) mass is 382 g/mol. The molecule has 28 heavy (non-hydrogen) atoms. The van der Waals surface area contributed by atoms with Crippen LogP contribution in [0.2, 0.25) is 0 Å². The zero-order chi connectivity index (χ0) is 19.8. The topological polar surface area (TPSA) is 99.4 Å². The van der Waals surface area contributed by atoms with Gasteiger partial charge in [-0.25, -0.2) is 0 Å². The number of anilines is 1. The van der Waals surface area contributed by atoms with Crippen molar-refractivity contribution in [1.82, 2.24) is 15.1 Å². The average Bonchev–Trinajstić information content (AvgIpc) is 3.18. The van der Waals surface area contributed by atoms with E-state index in [2.05, 4.69) is 20.4 Å². The first kappa shape index (κ1) is 19.3. The Morgan fingerprint density at radius 1 is 1.25 bits per heavy atom. The molecule has 0 saturated heterocycles. The van der Waals surface area contributed by atoms with Gasteiger partial charge < -0.3 is 19.3 Å². The summed E-state index contributed by atoms with van der Waals surface area (Å²) in [4.78, 5) is 20.3. The minimum atomic E-state index is -0.0794. The standard InChI is InChI=1S/C20H22N4O4/c1-3-27-17-12-14(9-10-16(17)26-2)20-23-19(28-24-20)8-4-7-18(25)22-15-6-5-11-21-13-15/h5-6,9-13H,3-4,7-8H2,1-2H3,(H,22,25). The predicted octanol–water partition coefficient (Wildman–Crippen LogP) is 3.50. The number of aromatic nitrogens is 3. The summed E-state index contributed by atoms with van der Waals surface area (Å²) < 4.78 is 16.2. The molecule has 0 bridgehead atoms. The van der Waals surface area contributed by atoms with Gasteiger partial charge in [-0.15, -0.1) is 0 Å². The summed E-state index contributed by atoms with van der Waals surface area (Å²) in [6.07, 6.45) is 4.72. The summed E-state index contributed by atoms with van der Waals surface area (Å²) in [6, 6.07) is 9.03. The number of ether oxygens (including phenoxy) is 2. The van der Waals surface area contributed by atoms with E-state index in [9.17, 15) is 4.79 Å². The molecule has 0 saturated carbocycles. The zero-order valence-corrected chi connectivity index (χ0v) is 15.8. The van der Waals surface area contributed by atoms with E-state index >= 15 is 0 Å². The number of amides is 1. The van der Waals surface area contributed by atoms with Gasteiger partial charge in [0.2, 0.25) is 17.6 Å². The van der Waals surface area contributed by atoms with E-state index in [1.807, 2.05) is 19.1 Å².